The van der Waals surface area contributed by atoms with Crippen LogP contribution in [0.25, 0.3) is 0 Å². The highest BCUT2D eigenvalue weighted by Crippen LogP contribution is 2.19. The first-order valence-electron chi connectivity index (χ1n) is 9.83. The molecule has 0 bridgehead atoms. The molecule has 0 saturated carbocycles. The standard InChI is InChI=1S/C23H32N4O2/c1-17-9-10-19(16-21(17)29-5)12-14-26-23(24-2)25-13-11-18-7-6-8-20(15-18)22(28)27(3)4/h6-10,15-16H,11-14H2,1-5H3,(H2,24,25,26). The van der Waals surface area contributed by atoms with Crippen LogP contribution in [0.2, 0.25) is 0 Å². The molecule has 0 spiro atoms. The molecule has 156 valence electrons. The summed E-state index contributed by atoms with van der Waals surface area (Å²) in [5.41, 5.74) is 4.19. The number of carbonyl (C=O) groups excluding carboxylic acids is 1. The SMILES string of the molecule is CN=C(NCCc1cccc(C(=O)N(C)C)c1)NCCc1ccc(C)c(OC)c1. The van der Waals surface area contributed by atoms with Crippen LogP contribution in [0.3, 0.4) is 0 Å². The van der Waals surface area contributed by atoms with E-state index in [0.29, 0.717) is 5.56 Å². The predicted octanol–water partition coefficient (Wildman–Crippen LogP) is 2.66. The van der Waals surface area contributed by atoms with Gasteiger partial charge >= 0.3 is 0 Å². The zero-order chi connectivity index (χ0) is 21.2. The summed E-state index contributed by atoms with van der Waals surface area (Å²) in [5, 5.41) is 6.66. The topological polar surface area (TPSA) is 66.0 Å². The van der Waals surface area contributed by atoms with E-state index in [0.717, 1.165) is 48.8 Å². The Labute approximate surface area is 174 Å². The van der Waals surface area contributed by atoms with E-state index in [2.05, 4.69) is 33.8 Å². The van der Waals surface area contributed by atoms with Crippen LogP contribution in [0.5, 0.6) is 5.75 Å². The number of benzene rings is 2. The minimum atomic E-state index is 0.0185. The molecule has 1 amide bonds. The number of rotatable bonds is 8. The molecule has 0 aliphatic carbocycles. The van der Waals surface area contributed by atoms with Gasteiger partial charge < -0.3 is 20.3 Å². The molecule has 0 fully saturated rings. The van der Waals surface area contributed by atoms with E-state index >= 15 is 0 Å². The number of carbonyl (C=O) groups is 1. The molecule has 6 nitrogen and oxygen atoms in total. The summed E-state index contributed by atoms with van der Waals surface area (Å²) in [4.78, 5) is 18.0. The Morgan fingerprint density at radius 3 is 2.28 bits per heavy atom. The van der Waals surface area contributed by atoms with Crippen LogP contribution in [0.4, 0.5) is 0 Å². The second-order valence-electron chi connectivity index (χ2n) is 7.13. The smallest absolute Gasteiger partial charge is 0.253 e. The third-order valence-corrected chi connectivity index (χ3v) is 4.69. The number of aryl methyl sites for hydroxylation is 1. The lowest BCUT2D eigenvalue weighted by atomic mass is 10.1. The molecule has 0 aliphatic heterocycles. The maximum absolute atomic E-state index is 12.1. The Morgan fingerprint density at radius 1 is 1.03 bits per heavy atom. The Kier molecular flexibility index (Phi) is 8.52. The molecule has 0 unspecified atom stereocenters. The number of hydrogen-bond donors (Lipinski definition) is 2. The van der Waals surface area contributed by atoms with Gasteiger partial charge in [-0.3, -0.25) is 9.79 Å². The van der Waals surface area contributed by atoms with Crippen LogP contribution < -0.4 is 15.4 Å². The maximum atomic E-state index is 12.1. The molecule has 0 radical (unpaired) electrons. The van der Waals surface area contributed by atoms with Crippen molar-refractivity contribution < 1.29 is 9.53 Å². The number of aliphatic imine (C=N–C) groups is 1. The highest BCUT2D eigenvalue weighted by molar-refractivity contribution is 5.94. The van der Waals surface area contributed by atoms with E-state index in [1.165, 1.54) is 5.56 Å². The summed E-state index contributed by atoms with van der Waals surface area (Å²) in [6.45, 7) is 3.55. The first kappa shape index (κ1) is 22.3. The third-order valence-electron chi connectivity index (χ3n) is 4.69. The van der Waals surface area contributed by atoms with Gasteiger partial charge in [0, 0.05) is 39.8 Å². The Morgan fingerprint density at radius 2 is 1.69 bits per heavy atom. The number of ether oxygens (including phenoxy) is 1. The van der Waals surface area contributed by atoms with Crippen LogP contribution in [0, 0.1) is 6.92 Å². The van der Waals surface area contributed by atoms with E-state index in [1.54, 1.807) is 33.2 Å². The van der Waals surface area contributed by atoms with Gasteiger partial charge in [0.2, 0.25) is 0 Å². The largest absolute Gasteiger partial charge is 0.496 e. The van der Waals surface area contributed by atoms with Crippen LogP contribution in [0.1, 0.15) is 27.0 Å². The molecule has 0 saturated heterocycles. The van der Waals surface area contributed by atoms with Gasteiger partial charge in [-0.2, -0.15) is 0 Å². The number of nitrogens with one attached hydrogen (secondary N) is 2. The fraction of sp³-hybridized carbons (Fsp3) is 0.391. The van der Waals surface area contributed by atoms with Crippen molar-refractivity contribution in [3.05, 3.63) is 64.7 Å². The van der Waals surface area contributed by atoms with Crippen molar-refractivity contribution in [2.45, 2.75) is 19.8 Å². The van der Waals surface area contributed by atoms with Crippen molar-refractivity contribution in [3.8, 4) is 5.75 Å². The van der Waals surface area contributed by atoms with Gasteiger partial charge in [0.05, 0.1) is 7.11 Å². The fourth-order valence-corrected chi connectivity index (χ4v) is 3.01. The van der Waals surface area contributed by atoms with Crippen molar-refractivity contribution in [1.82, 2.24) is 15.5 Å². The number of amides is 1. The molecule has 2 aromatic carbocycles. The molecule has 2 aromatic rings. The van der Waals surface area contributed by atoms with Crippen molar-refractivity contribution in [2.24, 2.45) is 4.99 Å². The minimum Gasteiger partial charge on any atom is -0.496 e. The first-order valence-corrected chi connectivity index (χ1v) is 9.83. The monoisotopic (exact) mass is 396 g/mol. The molecule has 6 heteroatoms. The van der Waals surface area contributed by atoms with E-state index in [-0.39, 0.29) is 5.91 Å². The molecular weight excluding hydrogens is 364 g/mol. The normalized spacial score (nSPS) is 11.1. The quantitative estimate of drug-likeness (QED) is 0.532. The zero-order valence-corrected chi connectivity index (χ0v) is 18.1. The fourth-order valence-electron chi connectivity index (χ4n) is 3.01. The minimum absolute atomic E-state index is 0.0185. The van der Waals surface area contributed by atoms with Crippen LogP contribution in [-0.4, -0.2) is 58.1 Å². The van der Waals surface area contributed by atoms with E-state index in [9.17, 15) is 4.79 Å². The van der Waals surface area contributed by atoms with Gasteiger partial charge in [-0.25, -0.2) is 0 Å². The van der Waals surface area contributed by atoms with Gasteiger partial charge in [0.1, 0.15) is 5.75 Å². The Bertz CT molecular complexity index is 847. The molecule has 29 heavy (non-hydrogen) atoms. The summed E-state index contributed by atoms with van der Waals surface area (Å²) >= 11 is 0. The van der Waals surface area contributed by atoms with Gasteiger partial charge in [-0.1, -0.05) is 24.3 Å². The Hall–Kier alpha value is -3.02. The lowest BCUT2D eigenvalue weighted by molar-refractivity contribution is 0.0827. The number of methoxy groups -OCH3 is 1. The third kappa shape index (κ3) is 6.82. The van der Waals surface area contributed by atoms with Gasteiger partial charge in [-0.05, 0) is 54.7 Å². The molecular formula is C23H32N4O2. The summed E-state index contributed by atoms with van der Waals surface area (Å²) < 4.78 is 5.39. The average Bonchev–Trinajstić information content (AvgIpc) is 2.73. The maximum Gasteiger partial charge on any atom is 0.253 e. The predicted molar refractivity (Wildman–Crippen MR) is 119 cm³/mol. The van der Waals surface area contributed by atoms with Crippen LogP contribution >= 0.6 is 0 Å². The number of hydrogen-bond acceptors (Lipinski definition) is 3. The number of nitrogens with zero attached hydrogens (tertiary/aromatic N) is 2. The highest BCUT2D eigenvalue weighted by Gasteiger charge is 2.08. The van der Waals surface area contributed by atoms with Gasteiger partial charge in [0.15, 0.2) is 5.96 Å². The zero-order valence-electron chi connectivity index (χ0n) is 18.1. The molecule has 0 heterocycles. The lowest BCUT2D eigenvalue weighted by Gasteiger charge is -2.13. The van der Waals surface area contributed by atoms with Crippen molar-refractivity contribution in [2.75, 3.05) is 41.3 Å². The van der Waals surface area contributed by atoms with Crippen molar-refractivity contribution in [1.29, 1.82) is 0 Å². The molecule has 0 aliphatic rings. The summed E-state index contributed by atoms with van der Waals surface area (Å²) in [7, 11) is 6.99. The second kappa shape index (κ2) is 11.1. The van der Waals surface area contributed by atoms with Gasteiger partial charge in [-0.15, -0.1) is 0 Å². The van der Waals surface area contributed by atoms with Gasteiger partial charge in [0.25, 0.3) is 5.91 Å². The number of guanidine groups is 1. The highest BCUT2D eigenvalue weighted by atomic mass is 16.5. The molecule has 0 atom stereocenters. The van der Waals surface area contributed by atoms with E-state index in [4.69, 9.17) is 4.74 Å². The van der Waals surface area contributed by atoms with Crippen LogP contribution in [0.15, 0.2) is 47.5 Å². The lowest BCUT2D eigenvalue weighted by Crippen LogP contribution is -2.39. The Balaban J connectivity index is 1.79. The molecule has 0 aromatic heterocycles. The molecule has 2 rings (SSSR count). The second-order valence-corrected chi connectivity index (χ2v) is 7.13. The molecule has 2 N–H and O–H groups in total. The van der Waals surface area contributed by atoms with Crippen LogP contribution in [-0.2, 0) is 12.8 Å². The van der Waals surface area contributed by atoms with E-state index < -0.39 is 0 Å². The summed E-state index contributed by atoms with van der Waals surface area (Å²) in [5.74, 6) is 1.70. The average molecular weight is 397 g/mol. The summed E-state index contributed by atoms with van der Waals surface area (Å²) in [6.07, 6.45) is 1.69. The van der Waals surface area contributed by atoms with Crippen molar-refractivity contribution in [3.63, 3.8) is 0 Å². The van der Waals surface area contributed by atoms with E-state index in [1.807, 2.05) is 31.2 Å². The first-order chi connectivity index (χ1) is 13.9. The summed E-state index contributed by atoms with van der Waals surface area (Å²) in [6, 6.07) is 14.0. The van der Waals surface area contributed by atoms with Crippen molar-refractivity contribution >= 4 is 11.9 Å².